The normalized spacial score (nSPS) is 25.6. The number of hydrogen-bond acceptors (Lipinski definition) is 11. The maximum atomic E-state index is 14.0. The lowest BCUT2D eigenvalue weighted by Gasteiger charge is -2.49. The number of likely N-dealkylation sites (tertiary alicyclic amines) is 3. The van der Waals surface area contributed by atoms with Crippen LogP contribution in [0.2, 0.25) is 0 Å². The highest BCUT2D eigenvalue weighted by Gasteiger charge is 2.54. The van der Waals surface area contributed by atoms with Crippen molar-refractivity contribution in [1.82, 2.24) is 30.7 Å². The molecule has 8 unspecified atom stereocenters. The van der Waals surface area contributed by atoms with Crippen LogP contribution in [-0.4, -0.2) is 97.6 Å². The Morgan fingerprint density at radius 3 is 1.09 bits per heavy atom. The van der Waals surface area contributed by atoms with E-state index in [0.29, 0.717) is 53.8 Å². The zero-order valence-electron chi connectivity index (χ0n) is 65.4. The lowest BCUT2D eigenvalue weighted by Crippen LogP contribution is -2.64. The van der Waals surface area contributed by atoms with Gasteiger partial charge >= 0.3 is 0 Å². The Hall–Kier alpha value is -9.51. The van der Waals surface area contributed by atoms with Gasteiger partial charge in [0.2, 0.25) is 35.4 Å². The minimum atomic E-state index is -0.452. The van der Waals surface area contributed by atoms with Gasteiger partial charge in [-0.3, -0.25) is 67.4 Å². The number of fused-ring (bicyclic) bond motifs is 3. The van der Waals surface area contributed by atoms with E-state index in [1.807, 2.05) is 133 Å². The Balaban J connectivity index is 0.000000153. The molecule has 112 heavy (non-hydrogen) atoms. The van der Waals surface area contributed by atoms with Gasteiger partial charge in [-0.15, -0.1) is 0 Å². The lowest BCUT2D eigenvalue weighted by atomic mass is 9.74. The quantitative estimate of drug-likeness (QED) is 0.0541. The minimum Gasteiger partial charge on any atom is -0.352 e. The van der Waals surface area contributed by atoms with Gasteiger partial charge in [0.25, 0.3) is 17.7 Å². The lowest BCUT2D eigenvalue weighted by molar-refractivity contribution is -0.172. The Morgan fingerprint density at radius 1 is 0.357 bits per heavy atom. The standard InChI is InChI=1S/2C35H44N2O4.C16H13NO2.C9H15NO/c2*38-28(24-31(25-15-8-5-9-16-25)36-33(39)26-17-10-6-11-18-26)23-27-19-7-1-2-12-20-29(27)34(40)37-32-22-14-4-3-13-21-30(32)35(37)41;18-15-11-14(12-7-3-1-4-8-12)17(15)16(19)13-9-5-2-6-10-13;11-9-7-5-3-1-2-4-6-8(7)10-9/h2*5-6,8-11,15-18,27,29-32H,1-4,7,12-14,19-24H2,(H,36,39);1-10,14H,11H2;7-8H,1-6H2,(H,10,11)/t27-,29?,30?,31?,32+;27-,29?,30-,31?,32?;;7?,8-/m00.1/s1. The first kappa shape index (κ1) is 82.0. The van der Waals surface area contributed by atoms with Crippen molar-refractivity contribution in [1.29, 1.82) is 0 Å². The van der Waals surface area contributed by atoms with Crippen LogP contribution in [0.5, 0.6) is 0 Å². The molecule has 4 aliphatic heterocycles. The van der Waals surface area contributed by atoms with E-state index in [-0.39, 0.29) is 125 Å². The Labute approximate surface area is 662 Å². The monoisotopic (exact) mass is 1520 g/mol. The SMILES string of the molecule is O=C(CC(NC(=O)c1ccccc1)c1ccccc1)C[C@@H]1CCCCCCC1C(=O)N1C(=O)C2CCCCCC[C@H]21.O=C(CC(NC(=O)c1ccccc1)c1ccccc1)C[C@@H]1CCCCCCC1C(=O)N1C(=O)[C@H]2CCCCCCC21.O=C1CC(c2ccccc2)N1C(=O)c1ccccc1.O=C1N[C@@H]2CCCCCCC12. The van der Waals surface area contributed by atoms with E-state index in [1.165, 1.54) is 62.7 Å². The fraction of sp³-hybridized carbons (Fsp3) is 0.505. The highest BCUT2D eigenvalue weighted by atomic mass is 16.2. The van der Waals surface area contributed by atoms with Crippen LogP contribution in [0.4, 0.5) is 0 Å². The molecule has 6 aromatic rings. The number of β-lactam (4-membered cyclic amide) rings is 4. The summed E-state index contributed by atoms with van der Waals surface area (Å²) in [6.07, 6.45) is 33.0. The second-order valence-corrected chi connectivity index (χ2v) is 32.9. The van der Waals surface area contributed by atoms with Crippen molar-refractivity contribution in [3.8, 4) is 0 Å². The third kappa shape index (κ3) is 21.4. The first-order valence-corrected chi connectivity index (χ1v) is 42.6. The van der Waals surface area contributed by atoms with Gasteiger partial charge in [0.05, 0.1) is 54.4 Å². The van der Waals surface area contributed by atoms with Gasteiger partial charge in [0, 0.05) is 60.3 Å². The van der Waals surface area contributed by atoms with Crippen molar-refractivity contribution < 1.29 is 52.7 Å². The van der Waals surface area contributed by atoms with Gasteiger partial charge in [-0.05, 0) is 129 Å². The molecule has 0 bridgehead atoms. The van der Waals surface area contributed by atoms with Gasteiger partial charge in [-0.25, -0.2) is 0 Å². The number of ketones is 2. The van der Waals surface area contributed by atoms with E-state index in [4.69, 9.17) is 0 Å². The molecular formula is C95H116N6O11. The number of nitrogens with zero attached hydrogens (tertiary/aromatic N) is 3. The number of Topliss-reactive ketones (excluding diaryl/α,β-unsaturated/α-hetero) is 2. The Morgan fingerprint density at radius 2 is 0.696 bits per heavy atom. The van der Waals surface area contributed by atoms with E-state index in [0.717, 1.165) is 152 Å². The Kier molecular flexibility index (Phi) is 30.2. The first-order valence-electron chi connectivity index (χ1n) is 42.6. The topological polar surface area (TPSA) is 234 Å². The van der Waals surface area contributed by atoms with Gasteiger partial charge in [-0.2, -0.15) is 0 Å². The van der Waals surface area contributed by atoms with Crippen LogP contribution >= 0.6 is 0 Å². The molecule has 13 atom stereocenters. The average Bonchev–Trinajstić information content (AvgIpc) is 0.755. The zero-order valence-corrected chi connectivity index (χ0v) is 65.4. The fourth-order valence-electron chi connectivity index (χ4n) is 19.0. The van der Waals surface area contributed by atoms with Crippen molar-refractivity contribution in [2.45, 2.75) is 261 Å². The van der Waals surface area contributed by atoms with Crippen LogP contribution in [0.15, 0.2) is 182 Å². The molecule has 3 N–H and O–H groups in total. The van der Waals surface area contributed by atoms with Crippen LogP contribution in [0.3, 0.4) is 0 Å². The molecular weight excluding hydrogens is 1400 g/mol. The number of amides is 9. The predicted molar refractivity (Wildman–Crippen MR) is 432 cm³/mol. The summed E-state index contributed by atoms with van der Waals surface area (Å²) in [7, 11) is 0. The van der Waals surface area contributed by atoms with Crippen LogP contribution in [0.1, 0.15) is 291 Å². The molecule has 15 rings (SSSR count). The smallest absolute Gasteiger partial charge is 0.261 e. The summed E-state index contributed by atoms with van der Waals surface area (Å²) in [5.41, 5.74) is 4.44. The number of imide groups is 3. The summed E-state index contributed by atoms with van der Waals surface area (Å²) in [4.78, 5) is 147. The molecule has 17 nitrogen and oxygen atoms in total. The fourth-order valence-corrected chi connectivity index (χ4v) is 19.0. The molecule has 592 valence electrons. The molecule has 17 heteroatoms. The van der Waals surface area contributed by atoms with Crippen molar-refractivity contribution in [2.24, 2.45) is 41.4 Å². The van der Waals surface area contributed by atoms with Crippen LogP contribution in [0.25, 0.3) is 0 Å². The highest BCUT2D eigenvalue weighted by Crippen LogP contribution is 2.44. The molecule has 0 spiro atoms. The predicted octanol–water partition coefficient (Wildman–Crippen LogP) is 17.9. The first-order chi connectivity index (χ1) is 54.7. The van der Waals surface area contributed by atoms with E-state index >= 15 is 0 Å². The van der Waals surface area contributed by atoms with E-state index in [1.54, 1.807) is 58.3 Å². The largest absolute Gasteiger partial charge is 0.352 e. The van der Waals surface area contributed by atoms with Crippen LogP contribution < -0.4 is 16.0 Å². The second kappa shape index (κ2) is 41.3. The van der Waals surface area contributed by atoms with Gasteiger partial charge < -0.3 is 16.0 Å². The summed E-state index contributed by atoms with van der Waals surface area (Å²) in [5, 5.41) is 9.13. The molecule has 0 aromatic heterocycles. The maximum Gasteiger partial charge on any atom is 0.261 e. The number of rotatable bonds is 18. The highest BCUT2D eigenvalue weighted by molar-refractivity contribution is 6.08. The van der Waals surface area contributed by atoms with Crippen molar-refractivity contribution in [3.05, 3.63) is 215 Å². The number of carbonyl (C=O) groups excluding carboxylic acids is 11. The second-order valence-electron chi connectivity index (χ2n) is 32.9. The summed E-state index contributed by atoms with van der Waals surface area (Å²) >= 11 is 0. The number of hydrogen-bond donors (Lipinski definition) is 3. The molecule has 0 radical (unpaired) electrons. The van der Waals surface area contributed by atoms with E-state index < -0.39 is 12.1 Å². The van der Waals surface area contributed by atoms with E-state index in [9.17, 15) is 52.7 Å². The molecule has 4 saturated heterocycles. The van der Waals surface area contributed by atoms with Gasteiger partial charge in [0.1, 0.15) is 11.6 Å². The maximum absolute atomic E-state index is 14.0. The van der Waals surface area contributed by atoms with Gasteiger partial charge in [-0.1, -0.05) is 274 Å². The summed E-state index contributed by atoms with van der Waals surface area (Å²) in [5.74, 6) is -0.704. The number of benzene rings is 6. The molecule has 9 fully saturated rings. The van der Waals surface area contributed by atoms with Crippen molar-refractivity contribution in [2.75, 3.05) is 0 Å². The van der Waals surface area contributed by atoms with Crippen molar-refractivity contribution in [3.63, 3.8) is 0 Å². The van der Waals surface area contributed by atoms with Gasteiger partial charge in [0.15, 0.2) is 0 Å². The third-order valence-electron chi connectivity index (χ3n) is 25.4. The molecule has 9 amide bonds. The van der Waals surface area contributed by atoms with Crippen molar-refractivity contribution >= 4 is 64.7 Å². The van der Waals surface area contributed by atoms with Crippen LogP contribution in [0, 0.1) is 41.4 Å². The number of nitrogens with one attached hydrogen (secondary N) is 3. The molecule has 4 heterocycles. The third-order valence-corrected chi connectivity index (χ3v) is 25.4. The minimum absolute atomic E-state index is 0.00717. The molecule has 9 aliphatic rings. The molecule has 5 saturated carbocycles. The molecule has 6 aromatic carbocycles. The zero-order chi connectivity index (χ0) is 78.1. The summed E-state index contributed by atoms with van der Waals surface area (Å²) < 4.78 is 0. The summed E-state index contributed by atoms with van der Waals surface area (Å²) in [6, 6.07) is 55.5. The van der Waals surface area contributed by atoms with E-state index in [2.05, 4.69) is 16.0 Å². The average molecular weight is 1520 g/mol. The number of carbonyl (C=O) groups is 11. The summed E-state index contributed by atoms with van der Waals surface area (Å²) in [6.45, 7) is 0. The Bertz CT molecular complexity index is 3940. The van der Waals surface area contributed by atoms with Crippen LogP contribution in [-0.2, 0) is 38.4 Å². The molecule has 5 aliphatic carbocycles.